The van der Waals surface area contributed by atoms with Crippen LogP contribution in [0.4, 0.5) is 0 Å². The van der Waals surface area contributed by atoms with Gasteiger partial charge in [0.25, 0.3) is 0 Å². The van der Waals surface area contributed by atoms with Crippen LogP contribution in [0.5, 0.6) is 0 Å². The topological polar surface area (TPSA) is 43.3 Å². The van der Waals surface area contributed by atoms with Gasteiger partial charge in [-0.25, -0.2) is 4.98 Å². The largest absolute Gasteiger partial charge is 0.325 e. The second kappa shape index (κ2) is 5.81. The summed E-state index contributed by atoms with van der Waals surface area (Å²) in [7, 11) is 0. The lowest BCUT2D eigenvalue weighted by molar-refractivity contribution is 0.970. The summed E-state index contributed by atoms with van der Waals surface area (Å²) in [6, 6.07) is 18.0. The van der Waals surface area contributed by atoms with Gasteiger partial charge in [-0.15, -0.1) is 0 Å². The van der Waals surface area contributed by atoms with E-state index in [9.17, 15) is 0 Å². The first-order valence-corrected chi connectivity index (χ1v) is 8.48. The maximum atomic E-state index is 5.99. The summed E-state index contributed by atoms with van der Waals surface area (Å²) >= 11 is 7.64. The molecule has 0 aliphatic heterocycles. The van der Waals surface area contributed by atoms with Gasteiger partial charge in [-0.2, -0.15) is 0 Å². The Morgan fingerprint density at radius 2 is 1.74 bits per heavy atom. The molecular weight excluding hydrogens is 326 g/mol. The van der Waals surface area contributed by atoms with Gasteiger partial charge in [-0.3, -0.25) is 4.40 Å². The van der Waals surface area contributed by atoms with Crippen LogP contribution in [0.15, 0.2) is 60.8 Å². The average Bonchev–Trinajstić information content (AvgIpc) is 3.14. The summed E-state index contributed by atoms with van der Waals surface area (Å²) in [5, 5.41) is 0.718. The highest BCUT2D eigenvalue weighted by atomic mass is 35.5. The fourth-order valence-electron chi connectivity index (χ4n) is 2.66. The Bertz CT molecular complexity index is 955. The molecule has 0 fully saturated rings. The highest BCUT2D eigenvalue weighted by molar-refractivity contribution is 7.20. The first kappa shape index (κ1) is 14.5. The molecule has 4 rings (SSSR count). The first-order chi connectivity index (χ1) is 11.3. The van der Waals surface area contributed by atoms with E-state index < -0.39 is 0 Å². The molecule has 0 unspecified atom stereocenters. The molecular formula is C18H14ClN3S. The predicted octanol–water partition coefficient (Wildman–Crippen LogP) is 4.84. The highest BCUT2D eigenvalue weighted by Gasteiger charge is 2.16. The maximum Gasteiger partial charge on any atom is 0.195 e. The van der Waals surface area contributed by atoms with Crippen LogP contribution < -0.4 is 5.73 Å². The van der Waals surface area contributed by atoms with Crippen LogP contribution in [0.3, 0.4) is 0 Å². The minimum Gasteiger partial charge on any atom is -0.325 e. The van der Waals surface area contributed by atoms with Crippen LogP contribution >= 0.6 is 22.9 Å². The molecule has 2 aromatic carbocycles. The minimum absolute atomic E-state index is 0.435. The van der Waals surface area contributed by atoms with Gasteiger partial charge < -0.3 is 5.73 Å². The summed E-state index contributed by atoms with van der Waals surface area (Å²) in [5.41, 5.74) is 10.2. The average molecular weight is 340 g/mol. The van der Waals surface area contributed by atoms with Gasteiger partial charge in [0, 0.05) is 23.3 Å². The zero-order chi connectivity index (χ0) is 15.8. The molecule has 0 aliphatic carbocycles. The summed E-state index contributed by atoms with van der Waals surface area (Å²) in [5.74, 6) is 0. The number of rotatable bonds is 3. The molecule has 0 bridgehead atoms. The van der Waals surface area contributed by atoms with Crippen LogP contribution in [0, 0.1) is 0 Å². The third-order valence-electron chi connectivity index (χ3n) is 3.79. The van der Waals surface area contributed by atoms with Gasteiger partial charge in [-0.05, 0) is 17.7 Å². The van der Waals surface area contributed by atoms with E-state index in [4.69, 9.17) is 22.3 Å². The van der Waals surface area contributed by atoms with Gasteiger partial charge in [-0.1, -0.05) is 65.4 Å². The van der Waals surface area contributed by atoms with Crippen molar-refractivity contribution < 1.29 is 0 Å². The van der Waals surface area contributed by atoms with E-state index in [1.807, 2.05) is 42.5 Å². The second-order valence-corrected chi connectivity index (χ2v) is 6.68. The molecule has 2 aromatic heterocycles. The van der Waals surface area contributed by atoms with Crippen molar-refractivity contribution >= 4 is 27.9 Å². The standard InChI is InChI=1S/C18H14ClN3S/c19-14-8-6-13(7-9-14)17-15(10-20)22-11-16(23-18(22)21-17)12-4-2-1-3-5-12/h1-9,11H,10,20H2. The fraction of sp³-hybridized carbons (Fsp3) is 0.0556. The van der Waals surface area contributed by atoms with Crippen molar-refractivity contribution in [3.63, 3.8) is 0 Å². The SMILES string of the molecule is NCc1c(-c2ccc(Cl)cc2)nc2sc(-c3ccccc3)cn12. The third kappa shape index (κ3) is 2.55. The van der Waals surface area contributed by atoms with Gasteiger partial charge in [0.05, 0.1) is 16.3 Å². The normalized spacial score (nSPS) is 11.2. The van der Waals surface area contributed by atoms with Gasteiger partial charge in [0.2, 0.25) is 0 Å². The lowest BCUT2D eigenvalue weighted by Gasteiger charge is -2.02. The Morgan fingerprint density at radius 1 is 1.00 bits per heavy atom. The number of fused-ring (bicyclic) bond motifs is 1. The Labute approximate surface area is 143 Å². The van der Waals surface area contributed by atoms with Crippen LogP contribution in [0.1, 0.15) is 5.69 Å². The molecule has 0 amide bonds. The molecule has 0 spiro atoms. The predicted molar refractivity (Wildman–Crippen MR) is 96.8 cm³/mol. The molecule has 5 heteroatoms. The Morgan fingerprint density at radius 3 is 2.43 bits per heavy atom. The number of aromatic nitrogens is 2. The van der Waals surface area contributed by atoms with Crippen LogP contribution in [-0.2, 0) is 6.54 Å². The molecule has 2 heterocycles. The summed E-state index contributed by atoms with van der Waals surface area (Å²) in [6.07, 6.45) is 2.12. The van der Waals surface area contributed by atoms with E-state index in [0.717, 1.165) is 26.9 Å². The zero-order valence-electron chi connectivity index (χ0n) is 12.2. The van der Waals surface area contributed by atoms with Crippen LogP contribution in [0.25, 0.3) is 26.7 Å². The Balaban J connectivity index is 1.85. The van der Waals surface area contributed by atoms with Crippen molar-refractivity contribution in [1.82, 2.24) is 9.38 Å². The van der Waals surface area contributed by atoms with E-state index in [0.29, 0.717) is 6.54 Å². The summed E-state index contributed by atoms with van der Waals surface area (Å²) in [6.45, 7) is 0.435. The Kier molecular flexibility index (Phi) is 3.65. The van der Waals surface area contributed by atoms with Gasteiger partial charge in [0.1, 0.15) is 0 Å². The number of hydrogen-bond donors (Lipinski definition) is 1. The van der Waals surface area contributed by atoms with E-state index in [2.05, 4.69) is 22.7 Å². The number of nitrogens with two attached hydrogens (primary N) is 1. The first-order valence-electron chi connectivity index (χ1n) is 7.28. The molecule has 0 atom stereocenters. The molecule has 3 nitrogen and oxygen atoms in total. The monoisotopic (exact) mass is 339 g/mol. The van der Waals surface area contributed by atoms with Crippen molar-refractivity contribution in [2.24, 2.45) is 5.73 Å². The molecule has 114 valence electrons. The number of hydrogen-bond acceptors (Lipinski definition) is 3. The third-order valence-corrected chi connectivity index (χ3v) is 5.08. The van der Waals surface area contributed by atoms with Crippen molar-refractivity contribution in [2.75, 3.05) is 0 Å². The summed E-state index contributed by atoms with van der Waals surface area (Å²) < 4.78 is 2.09. The molecule has 0 aliphatic rings. The number of benzene rings is 2. The van der Waals surface area contributed by atoms with Crippen molar-refractivity contribution in [1.29, 1.82) is 0 Å². The lowest BCUT2D eigenvalue weighted by Crippen LogP contribution is -2.01. The van der Waals surface area contributed by atoms with E-state index in [1.54, 1.807) is 11.3 Å². The molecule has 4 aromatic rings. The van der Waals surface area contributed by atoms with E-state index in [1.165, 1.54) is 10.4 Å². The second-order valence-electron chi connectivity index (χ2n) is 5.23. The fourth-order valence-corrected chi connectivity index (χ4v) is 3.79. The van der Waals surface area contributed by atoms with Crippen molar-refractivity contribution in [3.8, 4) is 21.7 Å². The molecule has 0 saturated carbocycles. The van der Waals surface area contributed by atoms with Gasteiger partial charge >= 0.3 is 0 Å². The maximum absolute atomic E-state index is 5.99. The van der Waals surface area contributed by atoms with Crippen molar-refractivity contribution in [2.45, 2.75) is 6.54 Å². The minimum atomic E-state index is 0.435. The molecule has 2 N–H and O–H groups in total. The summed E-state index contributed by atoms with van der Waals surface area (Å²) in [4.78, 5) is 6.93. The van der Waals surface area contributed by atoms with Crippen LogP contribution in [-0.4, -0.2) is 9.38 Å². The Hall–Kier alpha value is -2.14. The molecule has 0 saturated heterocycles. The van der Waals surface area contributed by atoms with Gasteiger partial charge in [0.15, 0.2) is 4.96 Å². The quantitative estimate of drug-likeness (QED) is 0.580. The lowest BCUT2D eigenvalue weighted by atomic mass is 10.1. The zero-order valence-corrected chi connectivity index (χ0v) is 13.8. The number of halogens is 1. The molecule has 23 heavy (non-hydrogen) atoms. The number of imidazole rings is 1. The highest BCUT2D eigenvalue weighted by Crippen LogP contribution is 2.33. The van der Waals surface area contributed by atoms with E-state index >= 15 is 0 Å². The smallest absolute Gasteiger partial charge is 0.195 e. The van der Waals surface area contributed by atoms with Crippen LogP contribution in [0.2, 0.25) is 5.02 Å². The van der Waals surface area contributed by atoms with Crippen molar-refractivity contribution in [3.05, 3.63) is 71.5 Å². The molecule has 0 radical (unpaired) electrons. The number of thiazole rings is 1. The number of nitrogens with zero attached hydrogens (tertiary/aromatic N) is 2. The van der Waals surface area contributed by atoms with E-state index in [-0.39, 0.29) is 0 Å².